The van der Waals surface area contributed by atoms with Crippen molar-refractivity contribution in [1.29, 1.82) is 0 Å². The zero-order valence-electron chi connectivity index (χ0n) is 10.6. The molecule has 4 heteroatoms. The third kappa shape index (κ3) is 2.77. The van der Waals surface area contributed by atoms with Crippen molar-refractivity contribution in [3.63, 3.8) is 0 Å². The Balaban J connectivity index is 2.14. The molecule has 0 atom stereocenters. The minimum Gasteiger partial charge on any atom is -0.490 e. The molecule has 2 aromatic rings. The number of aromatic nitrogens is 2. The van der Waals surface area contributed by atoms with Crippen LogP contribution in [0.15, 0.2) is 36.7 Å². The number of hydrogen-bond acceptors (Lipinski definition) is 4. The molecular formula is C14H16N2O2. The predicted octanol–water partition coefficient (Wildman–Crippen LogP) is 2.63. The highest BCUT2D eigenvalue weighted by atomic mass is 16.5. The minimum atomic E-state index is 0.470. The van der Waals surface area contributed by atoms with Crippen molar-refractivity contribution in [3.05, 3.63) is 47.9 Å². The van der Waals surface area contributed by atoms with Crippen LogP contribution in [0.2, 0.25) is 0 Å². The maximum absolute atomic E-state index is 5.68. The van der Waals surface area contributed by atoms with Crippen molar-refractivity contribution < 1.29 is 9.47 Å². The van der Waals surface area contributed by atoms with Crippen LogP contribution < -0.4 is 9.47 Å². The van der Waals surface area contributed by atoms with E-state index in [9.17, 15) is 0 Å². The highest BCUT2D eigenvalue weighted by Gasteiger charge is 2.11. The Morgan fingerprint density at radius 3 is 2.56 bits per heavy atom. The number of aryl methyl sites for hydroxylation is 1. The Labute approximate surface area is 107 Å². The van der Waals surface area contributed by atoms with Crippen LogP contribution in [-0.2, 0) is 13.0 Å². The molecule has 0 spiro atoms. The SMILES string of the molecule is CCc1ncnc(OCc2ccccc2)c1OC. The molecule has 0 unspecified atom stereocenters. The highest BCUT2D eigenvalue weighted by molar-refractivity contribution is 5.37. The normalized spacial score (nSPS) is 10.1. The van der Waals surface area contributed by atoms with Crippen LogP contribution in [0.1, 0.15) is 18.2 Å². The van der Waals surface area contributed by atoms with Gasteiger partial charge >= 0.3 is 0 Å². The molecular weight excluding hydrogens is 228 g/mol. The highest BCUT2D eigenvalue weighted by Crippen LogP contribution is 2.27. The first-order valence-corrected chi connectivity index (χ1v) is 5.89. The summed E-state index contributed by atoms with van der Waals surface area (Å²) >= 11 is 0. The smallest absolute Gasteiger partial charge is 0.260 e. The second-order valence-electron chi connectivity index (χ2n) is 3.79. The summed E-state index contributed by atoms with van der Waals surface area (Å²) in [5.74, 6) is 1.11. The molecule has 0 aliphatic carbocycles. The fourth-order valence-corrected chi connectivity index (χ4v) is 1.68. The van der Waals surface area contributed by atoms with E-state index in [0.717, 1.165) is 17.7 Å². The van der Waals surface area contributed by atoms with Gasteiger partial charge in [0.15, 0.2) is 0 Å². The molecule has 0 aliphatic rings. The molecule has 4 nitrogen and oxygen atoms in total. The van der Waals surface area contributed by atoms with Crippen LogP contribution in [0.3, 0.4) is 0 Å². The topological polar surface area (TPSA) is 44.2 Å². The molecule has 0 saturated carbocycles. The lowest BCUT2D eigenvalue weighted by molar-refractivity contribution is 0.269. The van der Waals surface area contributed by atoms with E-state index in [1.165, 1.54) is 6.33 Å². The predicted molar refractivity (Wildman–Crippen MR) is 68.7 cm³/mol. The summed E-state index contributed by atoms with van der Waals surface area (Å²) in [6.45, 7) is 2.49. The molecule has 1 aromatic carbocycles. The van der Waals surface area contributed by atoms with Crippen LogP contribution in [0.4, 0.5) is 0 Å². The van der Waals surface area contributed by atoms with Gasteiger partial charge in [0.2, 0.25) is 5.75 Å². The van der Waals surface area contributed by atoms with Gasteiger partial charge in [-0.3, -0.25) is 0 Å². The number of methoxy groups -OCH3 is 1. The van der Waals surface area contributed by atoms with Gasteiger partial charge in [0.1, 0.15) is 12.9 Å². The van der Waals surface area contributed by atoms with Gasteiger partial charge in [0.25, 0.3) is 5.88 Å². The number of benzene rings is 1. The summed E-state index contributed by atoms with van der Waals surface area (Å²) < 4.78 is 11.0. The van der Waals surface area contributed by atoms with E-state index < -0.39 is 0 Å². The lowest BCUT2D eigenvalue weighted by Gasteiger charge is -2.11. The van der Waals surface area contributed by atoms with Gasteiger partial charge in [-0.1, -0.05) is 37.3 Å². The number of rotatable bonds is 5. The second kappa shape index (κ2) is 6.00. The summed E-state index contributed by atoms with van der Waals surface area (Å²) in [5.41, 5.74) is 1.95. The van der Waals surface area contributed by atoms with Gasteiger partial charge < -0.3 is 9.47 Å². The summed E-state index contributed by atoms with van der Waals surface area (Å²) in [7, 11) is 1.60. The third-order valence-electron chi connectivity index (χ3n) is 2.60. The molecule has 0 bridgehead atoms. The molecule has 1 heterocycles. The Kier molecular flexibility index (Phi) is 4.12. The van der Waals surface area contributed by atoms with E-state index in [4.69, 9.17) is 9.47 Å². The van der Waals surface area contributed by atoms with Gasteiger partial charge in [-0.2, -0.15) is 4.98 Å². The molecule has 2 rings (SSSR count). The standard InChI is InChI=1S/C14H16N2O2/c1-3-12-13(17-2)14(16-10-15-12)18-9-11-7-5-4-6-8-11/h4-8,10H,3,9H2,1-2H3. The summed E-state index contributed by atoms with van der Waals surface area (Å²) in [5, 5.41) is 0. The first-order valence-electron chi connectivity index (χ1n) is 5.89. The van der Waals surface area contributed by atoms with Gasteiger partial charge in [0, 0.05) is 0 Å². The number of nitrogens with zero attached hydrogens (tertiary/aromatic N) is 2. The van der Waals surface area contributed by atoms with E-state index in [-0.39, 0.29) is 0 Å². The number of ether oxygens (including phenoxy) is 2. The van der Waals surface area contributed by atoms with Crippen LogP contribution in [0.5, 0.6) is 11.6 Å². The summed E-state index contributed by atoms with van der Waals surface area (Å²) in [6.07, 6.45) is 2.29. The average molecular weight is 244 g/mol. The molecule has 94 valence electrons. The van der Waals surface area contributed by atoms with Gasteiger partial charge in [-0.25, -0.2) is 4.98 Å². The second-order valence-corrected chi connectivity index (χ2v) is 3.79. The zero-order valence-corrected chi connectivity index (χ0v) is 10.6. The van der Waals surface area contributed by atoms with E-state index in [1.807, 2.05) is 37.3 Å². The molecule has 1 aromatic heterocycles. The molecule has 0 amide bonds. The molecule has 0 fully saturated rings. The Morgan fingerprint density at radius 1 is 1.11 bits per heavy atom. The molecule has 0 N–H and O–H groups in total. The molecule has 18 heavy (non-hydrogen) atoms. The molecule has 0 aliphatic heterocycles. The quantitative estimate of drug-likeness (QED) is 0.811. The van der Waals surface area contributed by atoms with Crippen molar-refractivity contribution in [2.75, 3.05) is 7.11 Å². The number of hydrogen-bond donors (Lipinski definition) is 0. The lowest BCUT2D eigenvalue weighted by atomic mass is 10.2. The van der Waals surface area contributed by atoms with Gasteiger partial charge in [0.05, 0.1) is 12.8 Å². The minimum absolute atomic E-state index is 0.470. The van der Waals surface area contributed by atoms with Crippen molar-refractivity contribution in [2.45, 2.75) is 20.0 Å². The maximum Gasteiger partial charge on any atom is 0.260 e. The molecule has 0 radical (unpaired) electrons. The summed E-state index contributed by atoms with van der Waals surface area (Å²) in [4.78, 5) is 8.28. The fraction of sp³-hybridized carbons (Fsp3) is 0.286. The first-order chi connectivity index (χ1) is 8.85. The van der Waals surface area contributed by atoms with Crippen LogP contribution in [0, 0.1) is 0 Å². The van der Waals surface area contributed by atoms with Crippen molar-refractivity contribution in [1.82, 2.24) is 9.97 Å². The Hall–Kier alpha value is -2.10. The van der Waals surface area contributed by atoms with E-state index >= 15 is 0 Å². The lowest BCUT2D eigenvalue weighted by Crippen LogP contribution is -2.03. The van der Waals surface area contributed by atoms with Crippen molar-refractivity contribution in [3.8, 4) is 11.6 Å². The van der Waals surface area contributed by atoms with Crippen LogP contribution in [-0.4, -0.2) is 17.1 Å². The third-order valence-corrected chi connectivity index (χ3v) is 2.60. The average Bonchev–Trinajstić information content (AvgIpc) is 2.45. The van der Waals surface area contributed by atoms with Crippen LogP contribution >= 0.6 is 0 Å². The van der Waals surface area contributed by atoms with E-state index in [2.05, 4.69) is 9.97 Å². The fourth-order valence-electron chi connectivity index (χ4n) is 1.68. The summed E-state index contributed by atoms with van der Waals surface area (Å²) in [6, 6.07) is 9.95. The first kappa shape index (κ1) is 12.4. The van der Waals surface area contributed by atoms with Gasteiger partial charge in [-0.05, 0) is 12.0 Å². The van der Waals surface area contributed by atoms with Gasteiger partial charge in [-0.15, -0.1) is 0 Å². The van der Waals surface area contributed by atoms with E-state index in [0.29, 0.717) is 18.2 Å². The Bertz CT molecular complexity index is 500. The monoisotopic (exact) mass is 244 g/mol. The molecule has 0 saturated heterocycles. The van der Waals surface area contributed by atoms with E-state index in [1.54, 1.807) is 7.11 Å². The zero-order chi connectivity index (χ0) is 12.8. The van der Waals surface area contributed by atoms with Crippen molar-refractivity contribution in [2.24, 2.45) is 0 Å². The Morgan fingerprint density at radius 2 is 1.89 bits per heavy atom. The largest absolute Gasteiger partial charge is 0.490 e. The maximum atomic E-state index is 5.68. The van der Waals surface area contributed by atoms with Crippen LogP contribution in [0.25, 0.3) is 0 Å². The van der Waals surface area contributed by atoms with Crippen molar-refractivity contribution >= 4 is 0 Å².